The Kier molecular flexibility index (Phi) is 6.34. The number of rotatable bonds is 7. The van der Waals surface area contributed by atoms with E-state index in [4.69, 9.17) is 5.10 Å². The number of carbonyl (C=O) groups excluding carboxylic acids is 1. The third kappa shape index (κ3) is 4.75. The fourth-order valence-corrected chi connectivity index (χ4v) is 4.70. The van der Waals surface area contributed by atoms with E-state index >= 15 is 0 Å². The van der Waals surface area contributed by atoms with Crippen LogP contribution in [0.5, 0.6) is 0 Å². The first-order chi connectivity index (χ1) is 17.5. The third-order valence-electron chi connectivity index (χ3n) is 5.57. The molecule has 0 bridgehead atoms. The lowest BCUT2D eigenvalue weighted by Gasteiger charge is -2.03. The minimum Gasteiger partial charge on any atom is -0.288 e. The van der Waals surface area contributed by atoms with Gasteiger partial charge in [0.1, 0.15) is 0 Å². The highest BCUT2D eigenvalue weighted by Gasteiger charge is 2.19. The van der Waals surface area contributed by atoms with Gasteiger partial charge in [-0.05, 0) is 36.8 Å². The molecule has 7 nitrogen and oxygen atoms in total. The molecule has 0 aliphatic rings. The molecule has 0 aliphatic carbocycles. The van der Waals surface area contributed by atoms with Gasteiger partial charge in [0, 0.05) is 23.3 Å². The SMILES string of the molecule is Cc1nc(-n2nc(-c3ccccc3)cc2-c2ccccc2)sc1C(=O)/C=C\c1ccc([N+](=O)[O-])cc1. The van der Waals surface area contributed by atoms with Gasteiger partial charge in [-0.3, -0.25) is 14.9 Å². The van der Waals surface area contributed by atoms with Crippen LogP contribution in [-0.2, 0) is 0 Å². The van der Waals surface area contributed by atoms with Gasteiger partial charge in [-0.1, -0.05) is 78.1 Å². The molecule has 176 valence electrons. The van der Waals surface area contributed by atoms with Crippen LogP contribution < -0.4 is 0 Å². The number of hydrogen-bond acceptors (Lipinski definition) is 6. The lowest BCUT2D eigenvalue weighted by atomic mass is 10.1. The smallest absolute Gasteiger partial charge is 0.269 e. The van der Waals surface area contributed by atoms with E-state index in [1.54, 1.807) is 29.8 Å². The van der Waals surface area contributed by atoms with E-state index in [2.05, 4.69) is 4.98 Å². The third-order valence-corrected chi connectivity index (χ3v) is 6.72. The Labute approximate surface area is 211 Å². The predicted octanol–water partition coefficient (Wildman–Crippen LogP) is 6.78. The van der Waals surface area contributed by atoms with Crippen LogP contribution in [0, 0.1) is 17.0 Å². The molecule has 0 aliphatic heterocycles. The first kappa shape index (κ1) is 23.1. The minimum absolute atomic E-state index is 0.00438. The maximum Gasteiger partial charge on any atom is 0.269 e. The summed E-state index contributed by atoms with van der Waals surface area (Å²) in [5, 5.41) is 16.3. The lowest BCUT2D eigenvalue weighted by molar-refractivity contribution is -0.384. The molecule has 0 N–H and O–H groups in total. The molecule has 2 heterocycles. The molecular formula is C28H20N4O3S. The zero-order valence-electron chi connectivity index (χ0n) is 19.2. The predicted molar refractivity (Wildman–Crippen MR) is 141 cm³/mol. The highest BCUT2D eigenvalue weighted by molar-refractivity contribution is 7.16. The molecule has 0 atom stereocenters. The minimum atomic E-state index is -0.455. The standard InChI is InChI=1S/C28H20N4O3S/c1-19-27(26(33)17-14-20-12-15-23(16-13-20)32(34)35)36-28(29-19)31-25(22-10-6-3-7-11-22)18-24(30-31)21-8-4-2-5-9-21/h2-18H,1H3/b17-14-. The fraction of sp³-hybridized carbons (Fsp3) is 0.0357. The average molecular weight is 493 g/mol. The summed E-state index contributed by atoms with van der Waals surface area (Å²) in [6.07, 6.45) is 3.10. The van der Waals surface area contributed by atoms with Crippen LogP contribution in [0.4, 0.5) is 5.69 Å². The molecule has 36 heavy (non-hydrogen) atoms. The molecule has 0 spiro atoms. The lowest BCUT2D eigenvalue weighted by Crippen LogP contribution is -1.98. The van der Waals surface area contributed by atoms with Crippen molar-refractivity contribution in [2.45, 2.75) is 6.92 Å². The summed E-state index contributed by atoms with van der Waals surface area (Å²) >= 11 is 1.28. The zero-order chi connectivity index (χ0) is 25.1. The Bertz CT molecular complexity index is 1570. The second-order valence-corrected chi connectivity index (χ2v) is 8.99. The van der Waals surface area contributed by atoms with Crippen molar-refractivity contribution in [1.29, 1.82) is 0 Å². The van der Waals surface area contributed by atoms with E-state index in [1.165, 1.54) is 29.5 Å². The topological polar surface area (TPSA) is 90.9 Å². The van der Waals surface area contributed by atoms with Crippen LogP contribution in [0.25, 0.3) is 33.7 Å². The summed E-state index contributed by atoms with van der Waals surface area (Å²) in [4.78, 5) is 28.6. The van der Waals surface area contributed by atoms with Crippen molar-refractivity contribution >= 4 is 28.9 Å². The fourth-order valence-electron chi connectivity index (χ4n) is 3.75. The number of aromatic nitrogens is 3. The monoisotopic (exact) mass is 492 g/mol. The number of nitro benzene ring substituents is 1. The van der Waals surface area contributed by atoms with Gasteiger partial charge in [0.15, 0.2) is 5.78 Å². The van der Waals surface area contributed by atoms with Gasteiger partial charge in [-0.25, -0.2) is 9.67 Å². The number of non-ortho nitro benzene ring substituents is 1. The molecule has 0 fully saturated rings. The van der Waals surface area contributed by atoms with Crippen LogP contribution in [0.1, 0.15) is 20.9 Å². The summed E-state index contributed by atoms with van der Waals surface area (Å²) in [6.45, 7) is 1.80. The number of aryl methyl sites for hydroxylation is 1. The van der Waals surface area contributed by atoms with Gasteiger partial charge in [0.05, 0.1) is 26.9 Å². The highest BCUT2D eigenvalue weighted by Crippen LogP contribution is 2.31. The number of carbonyl (C=O) groups is 1. The van der Waals surface area contributed by atoms with Crippen molar-refractivity contribution in [3.8, 4) is 27.6 Å². The second kappa shape index (κ2) is 9.89. The number of hydrogen-bond donors (Lipinski definition) is 0. The molecule has 2 aromatic heterocycles. The van der Waals surface area contributed by atoms with E-state index in [-0.39, 0.29) is 11.5 Å². The number of benzene rings is 3. The van der Waals surface area contributed by atoms with Gasteiger partial charge >= 0.3 is 0 Å². The average Bonchev–Trinajstić information content (AvgIpc) is 3.53. The molecule has 0 unspecified atom stereocenters. The van der Waals surface area contributed by atoms with E-state index in [0.717, 1.165) is 22.5 Å². The summed E-state index contributed by atoms with van der Waals surface area (Å²) in [6, 6.07) is 27.9. The van der Waals surface area contributed by atoms with Crippen LogP contribution in [-0.4, -0.2) is 25.5 Å². The molecule has 5 rings (SSSR count). The van der Waals surface area contributed by atoms with Gasteiger partial charge < -0.3 is 0 Å². The van der Waals surface area contributed by atoms with Crippen molar-refractivity contribution in [1.82, 2.24) is 14.8 Å². The number of nitro groups is 1. The normalized spacial score (nSPS) is 11.1. The second-order valence-electron chi connectivity index (χ2n) is 8.02. The number of nitrogens with zero attached hydrogens (tertiary/aromatic N) is 4. The van der Waals surface area contributed by atoms with Crippen molar-refractivity contribution < 1.29 is 9.72 Å². The molecule has 0 radical (unpaired) electrons. The van der Waals surface area contributed by atoms with Crippen molar-refractivity contribution in [3.05, 3.63) is 123 Å². The van der Waals surface area contributed by atoms with E-state index < -0.39 is 4.92 Å². The van der Waals surface area contributed by atoms with E-state index in [0.29, 0.717) is 21.3 Å². The van der Waals surface area contributed by atoms with Gasteiger partial charge in [-0.2, -0.15) is 5.10 Å². The highest BCUT2D eigenvalue weighted by atomic mass is 32.1. The largest absolute Gasteiger partial charge is 0.288 e. The van der Waals surface area contributed by atoms with Crippen molar-refractivity contribution in [3.63, 3.8) is 0 Å². The van der Waals surface area contributed by atoms with Crippen LogP contribution in [0.15, 0.2) is 97.1 Å². The first-order valence-corrected chi connectivity index (χ1v) is 12.0. The van der Waals surface area contributed by atoms with Crippen LogP contribution in [0.3, 0.4) is 0 Å². The molecule has 0 saturated heterocycles. The quantitative estimate of drug-likeness (QED) is 0.108. The Hall–Kier alpha value is -4.69. The summed E-state index contributed by atoms with van der Waals surface area (Å²) in [5.41, 5.74) is 4.99. The zero-order valence-corrected chi connectivity index (χ0v) is 20.1. The molecule has 3 aromatic carbocycles. The Morgan fingerprint density at radius 3 is 2.22 bits per heavy atom. The summed E-state index contributed by atoms with van der Waals surface area (Å²) in [7, 11) is 0. The number of thiazole rings is 1. The van der Waals surface area contributed by atoms with E-state index in [1.807, 2.05) is 66.7 Å². The molecule has 8 heteroatoms. The van der Waals surface area contributed by atoms with Crippen molar-refractivity contribution in [2.24, 2.45) is 0 Å². The van der Waals surface area contributed by atoms with E-state index in [9.17, 15) is 14.9 Å². The Balaban J connectivity index is 1.49. The Morgan fingerprint density at radius 2 is 1.58 bits per heavy atom. The first-order valence-electron chi connectivity index (χ1n) is 11.1. The summed E-state index contributed by atoms with van der Waals surface area (Å²) in [5.74, 6) is -0.189. The van der Waals surface area contributed by atoms with Gasteiger partial charge in [-0.15, -0.1) is 0 Å². The van der Waals surface area contributed by atoms with Crippen LogP contribution in [0.2, 0.25) is 0 Å². The number of ketones is 1. The summed E-state index contributed by atoms with van der Waals surface area (Å²) < 4.78 is 1.78. The number of allylic oxidation sites excluding steroid dienone is 1. The van der Waals surface area contributed by atoms with Crippen LogP contribution >= 0.6 is 11.3 Å². The molecule has 5 aromatic rings. The maximum absolute atomic E-state index is 13.0. The van der Waals surface area contributed by atoms with Gasteiger partial charge in [0.2, 0.25) is 5.13 Å². The maximum atomic E-state index is 13.0. The molecule has 0 amide bonds. The van der Waals surface area contributed by atoms with Gasteiger partial charge in [0.25, 0.3) is 5.69 Å². The Morgan fingerprint density at radius 1 is 0.944 bits per heavy atom. The molecule has 0 saturated carbocycles. The molecular weight excluding hydrogens is 472 g/mol. The van der Waals surface area contributed by atoms with Crippen molar-refractivity contribution in [2.75, 3.05) is 0 Å².